The predicted molar refractivity (Wildman–Crippen MR) is 34.6 cm³/mol. The second kappa shape index (κ2) is 3.58. The molecule has 0 aromatic heterocycles. The third-order valence-corrected chi connectivity index (χ3v) is 1.47. The molecule has 1 saturated heterocycles. The van der Waals surface area contributed by atoms with Crippen molar-refractivity contribution in [2.45, 2.75) is 24.8 Å². The SMILES string of the molecule is Cl.FC1CNC(C(F)(F)F)C1. The van der Waals surface area contributed by atoms with E-state index in [-0.39, 0.29) is 19.0 Å². The van der Waals surface area contributed by atoms with E-state index >= 15 is 0 Å². The highest BCUT2D eigenvalue weighted by Gasteiger charge is 2.44. The minimum Gasteiger partial charge on any atom is -0.303 e. The second-order valence-electron chi connectivity index (χ2n) is 2.34. The fourth-order valence-electron chi connectivity index (χ4n) is 0.942. The van der Waals surface area contributed by atoms with Crippen LogP contribution in [0.3, 0.4) is 0 Å². The standard InChI is InChI=1S/C5H7F4N.ClH/c6-3-1-4(10-2-3)5(7,8)9;/h3-4,10H,1-2H2;1H. The van der Waals surface area contributed by atoms with Crippen LogP contribution in [-0.4, -0.2) is 24.9 Å². The van der Waals surface area contributed by atoms with Crippen molar-refractivity contribution in [2.75, 3.05) is 6.54 Å². The van der Waals surface area contributed by atoms with E-state index in [1.807, 2.05) is 5.32 Å². The van der Waals surface area contributed by atoms with Gasteiger partial charge in [-0.05, 0) is 0 Å². The highest BCUT2D eigenvalue weighted by molar-refractivity contribution is 5.85. The van der Waals surface area contributed by atoms with E-state index in [2.05, 4.69) is 0 Å². The summed E-state index contributed by atoms with van der Waals surface area (Å²) >= 11 is 0. The molecule has 11 heavy (non-hydrogen) atoms. The normalized spacial score (nSPS) is 31.6. The molecule has 0 saturated carbocycles. The van der Waals surface area contributed by atoms with E-state index in [0.29, 0.717) is 0 Å². The van der Waals surface area contributed by atoms with Crippen LogP contribution in [0.4, 0.5) is 17.6 Å². The van der Waals surface area contributed by atoms with Gasteiger partial charge in [-0.2, -0.15) is 13.2 Å². The van der Waals surface area contributed by atoms with Crippen molar-refractivity contribution in [2.24, 2.45) is 0 Å². The number of halogens is 5. The lowest BCUT2D eigenvalue weighted by Crippen LogP contribution is -2.36. The second-order valence-corrected chi connectivity index (χ2v) is 2.34. The molecule has 1 nitrogen and oxygen atoms in total. The zero-order chi connectivity index (χ0) is 7.78. The van der Waals surface area contributed by atoms with Crippen molar-refractivity contribution in [3.05, 3.63) is 0 Å². The molecule has 0 aromatic carbocycles. The third-order valence-electron chi connectivity index (χ3n) is 1.47. The van der Waals surface area contributed by atoms with E-state index in [0.717, 1.165) is 0 Å². The molecule has 0 bridgehead atoms. The van der Waals surface area contributed by atoms with Gasteiger partial charge in [0.2, 0.25) is 0 Å². The van der Waals surface area contributed by atoms with E-state index in [1.54, 1.807) is 0 Å². The topological polar surface area (TPSA) is 12.0 Å². The molecule has 6 heteroatoms. The number of nitrogens with one attached hydrogen (secondary N) is 1. The van der Waals surface area contributed by atoms with Crippen LogP contribution in [0.25, 0.3) is 0 Å². The zero-order valence-electron chi connectivity index (χ0n) is 5.49. The quantitative estimate of drug-likeness (QED) is 0.577. The third kappa shape index (κ3) is 2.83. The Labute approximate surface area is 67.6 Å². The summed E-state index contributed by atoms with van der Waals surface area (Å²) in [6, 6.07) is -1.64. The van der Waals surface area contributed by atoms with E-state index in [1.165, 1.54) is 0 Å². The molecule has 1 aliphatic heterocycles. The van der Waals surface area contributed by atoms with Crippen molar-refractivity contribution in [1.82, 2.24) is 5.32 Å². The first-order valence-corrected chi connectivity index (χ1v) is 2.94. The maximum absolute atomic E-state index is 12.1. The largest absolute Gasteiger partial charge is 0.403 e. The average molecular weight is 194 g/mol. The summed E-state index contributed by atoms with van der Waals surface area (Å²) in [5, 5.41) is 2.05. The highest BCUT2D eigenvalue weighted by Crippen LogP contribution is 2.27. The molecule has 1 heterocycles. The van der Waals surface area contributed by atoms with Gasteiger partial charge in [0, 0.05) is 13.0 Å². The molecular weight excluding hydrogens is 186 g/mol. The summed E-state index contributed by atoms with van der Waals surface area (Å²) in [6.07, 6.45) is -6.07. The van der Waals surface area contributed by atoms with Crippen molar-refractivity contribution in [3.8, 4) is 0 Å². The van der Waals surface area contributed by atoms with Crippen molar-refractivity contribution < 1.29 is 17.6 Å². The minimum absolute atomic E-state index is 0. The molecule has 0 spiro atoms. The average Bonchev–Trinajstić information content (AvgIpc) is 2.11. The maximum atomic E-state index is 12.1. The van der Waals surface area contributed by atoms with Gasteiger partial charge >= 0.3 is 6.18 Å². The first-order valence-electron chi connectivity index (χ1n) is 2.94. The first kappa shape index (κ1) is 11.0. The van der Waals surface area contributed by atoms with Gasteiger partial charge in [0.25, 0.3) is 0 Å². The molecule has 1 rings (SSSR count). The Morgan fingerprint density at radius 2 is 1.82 bits per heavy atom. The molecule has 1 N–H and O–H groups in total. The molecule has 2 atom stereocenters. The fourth-order valence-corrected chi connectivity index (χ4v) is 0.942. The zero-order valence-corrected chi connectivity index (χ0v) is 6.31. The van der Waals surface area contributed by atoms with Gasteiger partial charge in [-0.15, -0.1) is 12.4 Å². The molecule has 0 aliphatic carbocycles. The first-order chi connectivity index (χ1) is 4.50. The van der Waals surface area contributed by atoms with Crippen LogP contribution in [0.1, 0.15) is 6.42 Å². The lowest BCUT2D eigenvalue weighted by molar-refractivity contribution is -0.152. The molecule has 68 valence electrons. The van der Waals surface area contributed by atoms with E-state index in [4.69, 9.17) is 0 Å². The van der Waals surface area contributed by atoms with Gasteiger partial charge in [-0.3, -0.25) is 0 Å². The van der Waals surface area contributed by atoms with Gasteiger partial charge in [0.15, 0.2) is 0 Å². The molecule has 1 aliphatic rings. The van der Waals surface area contributed by atoms with Crippen molar-refractivity contribution >= 4 is 12.4 Å². The Bertz CT molecular complexity index is 126. The van der Waals surface area contributed by atoms with E-state index in [9.17, 15) is 17.6 Å². The molecule has 2 unspecified atom stereocenters. The van der Waals surface area contributed by atoms with E-state index < -0.39 is 24.8 Å². The molecule has 0 aromatic rings. The monoisotopic (exact) mass is 193 g/mol. The van der Waals surface area contributed by atoms with Gasteiger partial charge in [-0.1, -0.05) is 0 Å². The van der Waals surface area contributed by atoms with Crippen molar-refractivity contribution in [3.63, 3.8) is 0 Å². The number of rotatable bonds is 0. The Kier molecular flexibility index (Phi) is 3.57. The number of alkyl halides is 4. The Hall–Kier alpha value is -0.0300. The Morgan fingerprint density at radius 1 is 1.27 bits per heavy atom. The van der Waals surface area contributed by atoms with Gasteiger partial charge in [0.05, 0.1) is 0 Å². The maximum Gasteiger partial charge on any atom is 0.403 e. The van der Waals surface area contributed by atoms with Crippen molar-refractivity contribution in [1.29, 1.82) is 0 Å². The molecule has 0 radical (unpaired) electrons. The van der Waals surface area contributed by atoms with Gasteiger partial charge in [0.1, 0.15) is 12.2 Å². The summed E-state index contributed by atoms with van der Waals surface area (Å²) in [5.41, 5.74) is 0. The summed E-state index contributed by atoms with van der Waals surface area (Å²) < 4.78 is 47.3. The molecule has 1 fully saturated rings. The summed E-state index contributed by atoms with van der Waals surface area (Å²) in [7, 11) is 0. The van der Waals surface area contributed by atoms with Crippen LogP contribution in [0.15, 0.2) is 0 Å². The lowest BCUT2D eigenvalue weighted by Gasteiger charge is -2.13. The summed E-state index contributed by atoms with van der Waals surface area (Å²) in [4.78, 5) is 0. The summed E-state index contributed by atoms with van der Waals surface area (Å²) in [5.74, 6) is 0. The Morgan fingerprint density at radius 3 is 2.00 bits per heavy atom. The van der Waals surface area contributed by atoms with Crippen LogP contribution < -0.4 is 5.32 Å². The molecule has 0 amide bonds. The minimum atomic E-state index is -4.29. The van der Waals surface area contributed by atoms with Crippen LogP contribution in [0.5, 0.6) is 0 Å². The fraction of sp³-hybridized carbons (Fsp3) is 1.00. The Balaban J connectivity index is 0.000001000. The smallest absolute Gasteiger partial charge is 0.303 e. The lowest BCUT2D eigenvalue weighted by atomic mass is 10.2. The summed E-state index contributed by atoms with van der Waals surface area (Å²) in [6.45, 7) is -0.176. The number of hydrogen-bond acceptors (Lipinski definition) is 1. The number of hydrogen-bond donors (Lipinski definition) is 1. The van der Waals surface area contributed by atoms with Crippen LogP contribution >= 0.6 is 12.4 Å². The predicted octanol–water partition coefficient (Wildman–Crippen LogP) is 1.67. The van der Waals surface area contributed by atoms with Crippen LogP contribution in [-0.2, 0) is 0 Å². The van der Waals surface area contributed by atoms with Gasteiger partial charge < -0.3 is 5.32 Å². The molecular formula is C5H8ClF4N. The van der Waals surface area contributed by atoms with Crippen LogP contribution in [0.2, 0.25) is 0 Å². The van der Waals surface area contributed by atoms with Gasteiger partial charge in [-0.25, -0.2) is 4.39 Å². The highest BCUT2D eigenvalue weighted by atomic mass is 35.5. The van der Waals surface area contributed by atoms with Crippen LogP contribution in [0, 0.1) is 0 Å².